The number of carbonyl (C=O) groups is 2. The Hall–Kier alpha value is -1.86. The van der Waals surface area contributed by atoms with E-state index in [9.17, 15) is 14.7 Å². The number of hydrogen-bond acceptors (Lipinski definition) is 15. The Bertz CT molecular complexity index is 1980. The van der Waals surface area contributed by atoms with Crippen LogP contribution in [0.1, 0.15) is 126 Å². The number of aliphatic hydroxyl groups excluding tert-OH is 1. The maximum Gasteiger partial charge on any atom is 0.331 e. The van der Waals surface area contributed by atoms with Crippen LogP contribution in [0.4, 0.5) is 0 Å². The van der Waals surface area contributed by atoms with E-state index in [4.69, 9.17) is 56.8 Å². The number of epoxide rings is 1. The molecule has 0 amide bonds. The molecule has 0 aliphatic carbocycles. The lowest BCUT2D eigenvalue weighted by atomic mass is 9.72. The lowest BCUT2D eigenvalue weighted by molar-refractivity contribution is -0.360. The van der Waals surface area contributed by atoms with Crippen molar-refractivity contribution in [3.05, 3.63) is 23.8 Å². The molecule has 0 spiro atoms. The van der Waals surface area contributed by atoms with Crippen LogP contribution >= 0.6 is 0 Å². The van der Waals surface area contributed by atoms with Crippen molar-refractivity contribution in [3.8, 4) is 0 Å². The minimum Gasteiger partial charge on any atom is -0.456 e. The molecular weight excluding hydrogens is 841 g/mol. The van der Waals surface area contributed by atoms with Crippen LogP contribution in [0.5, 0.6) is 0 Å². The molecule has 0 aromatic heterocycles. The van der Waals surface area contributed by atoms with E-state index in [0.717, 1.165) is 31.1 Å². The number of esters is 1. The molecule has 0 bridgehead atoms. The van der Waals surface area contributed by atoms with Crippen LogP contribution in [0.25, 0.3) is 0 Å². The van der Waals surface area contributed by atoms with Gasteiger partial charge in [-0.1, -0.05) is 13.5 Å². The molecule has 25 atom stereocenters. The monoisotopic (exact) mass is 910 g/mol. The quantitative estimate of drug-likeness (QED) is 0.179. The minimum absolute atomic E-state index is 0.0310. The fraction of sp³-hybridized carbons (Fsp3) is 0.880. The van der Waals surface area contributed by atoms with Crippen molar-refractivity contribution in [3.63, 3.8) is 0 Å². The molecule has 12 rings (SSSR count). The van der Waals surface area contributed by atoms with Crippen LogP contribution in [0.15, 0.2) is 23.8 Å². The van der Waals surface area contributed by atoms with E-state index in [2.05, 4.69) is 41.2 Å². The first-order valence-electron chi connectivity index (χ1n) is 24.9. The number of rotatable bonds is 3. The third-order valence-electron chi connectivity index (χ3n) is 18.5. The van der Waals surface area contributed by atoms with Crippen molar-refractivity contribution >= 4 is 12.3 Å². The molecule has 12 aliphatic rings. The van der Waals surface area contributed by atoms with E-state index in [1.165, 1.54) is 0 Å². The van der Waals surface area contributed by atoms with Crippen LogP contribution in [-0.4, -0.2) is 161 Å². The molecule has 0 aromatic rings. The highest BCUT2D eigenvalue weighted by molar-refractivity contribution is 5.84. The van der Waals surface area contributed by atoms with Gasteiger partial charge in [0.25, 0.3) is 0 Å². The largest absolute Gasteiger partial charge is 0.456 e. The Labute approximate surface area is 382 Å². The van der Waals surface area contributed by atoms with Crippen LogP contribution in [-0.2, 0) is 66.4 Å². The van der Waals surface area contributed by atoms with E-state index >= 15 is 0 Å². The van der Waals surface area contributed by atoms with Crippen molar-refractivity contribution < 1.29 is 71.5 Å². The van der Waals surface area contributed by atoms with Crippen molar-refractivity contribution in [2.75, 3.05) is 0 Å². The molecule has 0 radical (unpaired) electrons. The first-order valence-corrected chi connectivity index (χ1v) is 24.9. The topological polar surface area (TPSA) is 168 Å². The maximum atomic E-state index is 12.3. The standard InChI is InChI=1S/C50H70O15/c1-23(22-51)11-26-14-35(52)50(8)39(54-26)16-29-30(62-50)15-31-44(59-29)45-34(60-45)20-48(6)40(57-31)21-49(7)38(63-48)18-37-46(4,65-49)10-9-27-42(61-37)24(2)12-28-33(55-27)19-47(5)36(56-28)17-32-43(64-47)25(3)13-41(53)58-32/h13,22,24,26-40,42-45,52H,1,9-12,14-21H2,2-8H3/t24-,26-,27?,28?,29?,30?,31?,32?,33?,34-,35+,36?,37?,38?,39?,40?,42?,43?,44?,45-,46-,47+,48+,49+,50+/m1/s1. The molecule has 65 heavy (non-hydrogen) atoms. The minimum atomic E-state index is -0.923. The van der Waals surface area contributed by atoms with Crippen LogP contribution in [0.2, 0.25) is 0 Å². The third-order valence-corrected chi connectivity index (χ3v) is 18.5. The summed E-state index contributed by atoms with van der Waals surface area (Å²) in [6.07, 6.45) is 4.90. The Morgan fingerprint density at radius 3 is 2.18 bits per heavy atom. The molecule has 11 saturated heterocycles. The van der Waals surface area contributed by atoms with Gasteiger partial charge >= 0.3 is 5.97 Å². The average Bonchev–Trinajstić information content (AvgIpc) is 4.02. The van der Waals surface area contributed by atoms with Crippen LogP contribution < -0.4 is 0 Å². The number of fused-ring (bicyclic) bond motifs is 12. The summed E-state index contributed by atoms with van der Waals surface area (Å²) < 4.78 is 82.4. The third kappa shape index (κ3) is 7.24. The Balaban J connectivity index is 0.741. The predicted octanol–water partition coefficient (Wildman–Crippen LogP) is 4.68. The highest BCUT2D eigenvalue weighted by Gasteiger charge is 2.68. The van der Waals surface area contributed by atoms with Gasteiger partial charge in [-0.2, -0.15) is 0 Å². The smallest absolute Gasteiger partial charge is 0.331 e. The Kier molecular flexibility index (Phi) is 10.5. The summed E-state index contributed by atoms with van der Waals surface area (Å²) >= 11 is 0. The van der Waals surface area contributed by atoms with E-state index in [-0.39, 0.29) is 116 Å². The number of hydrogen-bond donors (Lipinski definition) is 1. The van der Waals surface area contributed by atoms with E-state index in [0.29, 0.717) is 63.4 Å². The maximum absolute atomic E-state index is 12.3. The summed E-state index contributed by atoms with van der Waals surface area (Å²) in [4.78, 5) is 23.6. The van der Waals surface area contributed by atoms with Gasteiger partial charge < -0.3 is 61.9 Å². The summed E-state index contributed by atoms with van der Waals surface area (Å²) in [7, 11) is 0. The zero-order valence-corrected chi connectivity index (χ0v) is 39.1. The second kappa shape index (κ2) is 15.3. The number of ether oxygens (including phenoxy) is 12. The molecule has 12 aliphatic heterocycles. The second-order valence-corrected chi connectivity index (χ2v) is 23.4. The summed E-state index contributed by atoms with van der Waals surface area (Å²) in [6, 6.07) is 0. The second-order valence-electron chi connectivity index (χ2n) is 23.4. The number of carbonyl (C=O) groups excluding carboxylic acids is 2. The number of aliphatic hydroxyl groups is 1. The van der Waals surface area contributed by atoms with Gasteiger partial charge in [-0.05, 0) is 77.9 Å². The molecule has 15 heteroatoms. The molecular formula is C50H70O15. The molecule has 15 nitrogen and oxygen atoms in total. The lowest BCUT2D eigenvalue weighted by Gasteiger charge is -2.61. The lowest BCUT2D eigenvalue weighted by Crippen LogP contribution is -2.71. The molecule has 0 saturated carbocycles. The Morgan fingerprint density at radius 2 is 1.37 bits per heavy atom. The fourth-order valence-electron chi connectivity index (χ4n) is 14.7. The van der Waals surface area contributed by atoms with Crippen LogP contribution in [0.3, 0.4) is 0 Å². The molecule has 15 unspecified atom stereocenters. The predicted molar refractivity (Wildman–Crippen MR) is 228 cm³/mol. The zero-order chi connectivity index (χ0) is 45.2. The van der Waals surface area contributed by atoms with Gasteiger partial charge in [-0.25, -0.2) is 4.79 Å². The first-order chi connectivity index (χ1) is 30.8. The van der Waals surface area contributed by atoms with Crippen molar-refractivity contribution in [1.82, 2.24) is 0 Å². The van der Waals surface area contributed by atoms with Gasteiger partial charge in [0.2, 0.25) is 0 Å². The van der Waals surface area contributed by atoms with Crippen molar-refractivity contribution in [1.29, 1.82) is 0 Å². The highest BCUT2D eigenvalue weighted by atomic mass is 16.7. The fourth-order valence-corrected chi connectivity index (χ4v) is 14.7. The molecule has 11 fully saturated rings. The van der Waals surface area contributed by atoms with Gasteiger partial charge in [0, 0.05) is 63.9 Å². The summed E-state index contributed by atoms with van der Waals surface area (Å²) in [6.45, 7) is 18.7. The van der Waals surface area contributed by atoms with Gasteiger partial charge in [-0.15, -0.1) is 0 Å². The van der Waals surface area contributed by atoms with Crippen molar-refractivity contribution in [2.24, 2.45) is 5.92 Å². The normalized spacial score (nSPS) is 58.8. The molecule has 12 heterocycles. The molecule has 360 valence electrons. The SMILES string of the molecule is C=C(C=O)C[C@@H]1C[C@H](O)[C@]2(C)OC3CC4OC5C[C@]6(C)O[C@]7(C)CCC8OC9C[C@]%10(C)OC%11C(C)=CC(=O)OC%11CC%10OC9C[C@@H](C)C8OC7CC6O[C@@]5(C)C[C@H]5O[C@H]5C4OC3CC2O1. The van der Waals surface area contributed by atoms with Gasteiger partial charge in [0.05, 0.1) is 114 Å². The zero-order valence-electron chi connectivity index (χ0n) is 39.1. The molecule has 1 N–H and O–H groups in total. The Morgan fingerprint density at radius 1 is 0.662 bits per heavy atom. The van der Waals surface area contributed by atoms with Gasteiger partial charge in [0.1, 0.15) is 36.3 Å². The first kappa shape index (κ1) is 44.4. The van der Waals surface area contributed by atoms with Crippen LogP contribution in [0, 0.1) is 5.92 Å². The van der Waals surface area contributed by atoms with Gasteiger partial charge in [0.15, 0.2) is 0 Å². The van der Waals surface area contributed by atoms with Crippen molar-refractivity contribution in [2.45, 2.75) is 269 Å². The van der Waals surface area contributed by atoms with E-state index in [1.807, 2.05) is 13.8 Å². The van der Waals surface area contributed by atoms with Gasteiger partial charge in [-0.3, -0.25) is 4.79 Å². The van der Waals surface area contributed by atoms with E-state index in [1.54, 1.807) is 6.08 Å². The van der Waals surface area contributed by atoms with E-state index < -0.39 is 40.2 Å². The highest BCUT2D eigenvalue weighted by Crippen LogP contribution is 2.57. The summed E-state index contributed by atoms with van der Waals surface area (Å²) in [5, 5.41) is 11.5. The summed E-state index contributed by atoms with van der Waals surface area (Å²) in [5.41, 5.74) is -2.03. The summed E-state index contributed by atoms with van der Waals surface area (Å²) in [5.74, 6) is -0.153. The molecule has 0 aromatic carbocycles. The number of aldehydes is 1. The average molecular weight is 911 g/mol.